The predicted octanol–water partition coefficient (Wildman–Crippen LogP) is 3.79. The number of aryl methyl sites for hydroxylation is 1. The molecule has 2 heterocycles. The van der Waals surface area contributed by atoms with Crippen molar-refractivity contribution in [3.05, 3.63) is 71.4 Å². The molecule has 3 aromatic rings. The first-order valence-electron chi connectivity index (χ1n) is 8.83. The number of nitrogens with zero attached hydrogens (tertiary/aromatic N) is 2. The average Bonchev–Trinajstić information content (AvgIpc) is 3.01. The maximum Gasteiger partial charge on any atom is 0.0456 e. The third-order valence-electron chi connectivity index (χ3n) is 4.97. The molecule has 24 heavy (non-hydrogen) atoms. The highest BCUT2D eigenvalue weighted by Gasteiger charge is 2.17. The first-order chi connectivity index (χ1) is 11.8. The van der Waals surface area contributed by atoms with Crippen molar-refractivity contribution in [2.75, 3.05) is 26.2 Å². The zero-order chi connectivity index (χ0) is 16.4. The van der Waals surface area contributed by atoms with Crippen LogP contribution in [-0.2, 0) is 13.1 Å². The smallest absolute Gasteiger partial charge is 0.0456 e. The minimum atomic E-state index is 1.02. The van der Waals surface area contributed by atoms with Crippen LogP contribution >= 0.6 is 0 Å². The fraction of sp³-hybridized carbons (Fsp3) is 0.333. The molecule has 2 aromatic carbocycles. The van der Waals surface area contributed by atoms with Gasteiger partial charge in [-0.25, -0.2) is 0 Å². The Morgan fingerprint density at radius 3 is 2.21 bits per heavy atom. The highest BCUT2D eigenvalue weighted by molar-refractivity contribution is 5.80. The summed E-state index contributed by atoms with van der Waals surface area (Å²) < 4.78 is 0. The van der Waals surface area contributed by atoms with Crippen LogP contribution < -0.4 is 0 Å². The van der Waals surface area contributed by atoms with Gasteiger partial charge in [0.2, 0.25) is 0 Å². The number of nitrogens with one attached hydrogen (secondary N) is 1. The topological polar surface area (TPSA) is 22.3 Å². The van der Waals surface area contributed by atoms with Crippen LogP contribution in [0.5, 0.6) is 0 Å². The minimum absolute atomic E-state index is 1.02. The van der Waals surface area contributed by atoms with Crippen molar-refractivity contribution in [1.82, 2.24) is 14.8 Å². The minimum Gasteiger partial charge on any atom is -0.357 e. The fourth-order valence-corrected chi connectivity index (χ4v) is 3.52. The summed E-state index contributed by atoms with van der Waals surface area (Å²) in [6, 6.07) is 19.7. The van der Waals surface area contributed by atoms with E-state index in [1.54, 1.807) is 0 Å². The summed E-state index contributed by atoms with van der Waals surface area (Å²) in [5.74, 6) is 0. The Kier molecular flexibility index (Phi) is 4.37. The molecule has 1 N–H and O–H groups in total. The van der Waals surface area contributed by atoms with Gasteiger partial charge in [-0.15, -0.1) is 0 Å². The van der Waals surface area contributed by atoms with Crippen LogP contribution in [0.3, 0.4) is 0 Å². The van der Waals surface area contributed by atoms with Gasteiger partial charge in [0.15, 0.2) is 0 Å². The number of hydrogen-bond donors (Lipinski definition) is 1. The van der Waals surface area contributed by atoms with E-state index in [1.807, 2.05) is 0 Å². The summed E-state index contributed by atoms with van der Waals surface area (Å²) >= 11 is 0. The first-order valence-corrected chi connectivity index (χ1v) is 8.83. The Morgan fingerprint density at radius 1 is 0.833 bits per heavy atom. The lowest BCUT2D eigenvalue weighted by Gasteiger charge is -2.34. The van der Waals surface area contributed by atoms with Crippen molar-refractivity contribution in [3.8, 4) is 0 Å². The molecular formula is C21H25N3. The van der Waals surface area contributed by atoms with Crippen LogP contribution in [-0.4, -0.2) is 41.0 Å². The van der Waals surface area contributed by atoms with E-state index in [4.69, 9.17) is 0 Å². The van der Waals surface area contributed by atoms with Crippen molar-refractivity contribution < 1.29 is 0 Å². The van der Waals surface area contributed by atoms with Gasteiger partial charge in [-0.2, -0.15) is 0 Å². The Hall–Kier alpha value is -2.10. The molecule has 1 aliphatic rings. The second-order valence-corrected chi connectivity index (χ2v) is 6.92. The highest BCUT2D eigenvalue weighted by atomic mass is 15.3. The van der Waals surface area contributed by atoms with Crippen molar-refractivity contribution in [2.45, 2.75) is 20.0 Å². The van der Waals surface area contributed by atoms with Crippen molar-refractivity contribution in [1.29, 1.82) is 0 Å². The zero-order valence-corrected chi connectivity index (χ0v) is 14.3. The SMILES string of the molecule is Cc1ccc(CN2CCN(Cc3cc4ccccc4[nH]3)CC2)cc1. The van der Waals surface area contributed by atoms with Crippen LogP contribution in [0.4, 0.5) is 0 Å². The van der Waals surface area contributed by atoms with E-state index in [0.717, 1.165) is 39.3 Å². The molecule has 0 bridgehead atoms. The molecule has 0 amide bonds. The van der Waals surface area contributed by atoms with Gasteiger partial charge in [0, 0.05) is 50.5 Å². The van der Waals surface area contributed by atoms with E-state index in [9.17, 15) is 0 Å². The molecule has 0 saturated carbocycles. The molecule has 0 aliphatic carbocycles. The van der Waals surface area contributed by atoms with Gasteiger partial charge in [-0.3, -0.25) is 9.80 Å². The molecular weight excluding hydrogens is 294 g/mol. The summed E-state index contributed by atoms with van der Waals surface area (Å²) in [6.45, 7) is 8.81. The molecule has 0 radical (unpaired) electrons. The van der Waals surface area contributed by atoms with E-state index in [0.29, 0.717) is 0 Å². The maximum atomic E-state index is 3.54. The van der Waals surface area contributed by atoms with E-state index in [-0.39, 0.29) is 0 Å². The van der Waals surface area contributed by atoms with E-state index >= 15 is 0 Å². The van der Waals surface area contributed by atoms with Crippen molar-refractivity contribution in [3.63, 3.8) is 0 Å². The lowest BCUT2D eigenvalue weighted by atomic mass is 10.1. The van der Waals surface area contributed by atoms with Gasteiger partial charge < -0.3 is 4.98 Å². The Bertz CT molecular complexity index is 762. The summed E-state index contributed by atoms with van der Waals surface area (Å²) in [5, 5.41) is 1.31. The number of aromatic amines is 1. The molecule has 3 heteroatoms. The van der Waals surface area contributed by atoms with Crippen LogP contribution in [0.25, 0.3) is 10.9 Å². The number of rotatable bonds is 4. The monoisotopic (exact) mass is 319 g/mol. The average molecular weight is 319 g/mol. The molecule has 1 saturated heterocycles. The second-order valence-electron chi connectivity index (χ2n) is 6.92. The van der Waals surface area contributed by atoms with Crippen molar-refractivity contribution >= 4 is 10.9 Å². The second kappa shape index (κ2) is 6.80. The predicted molar refractivity (Wildman–Crippen MR) is 100 cm³/mol. The Morgan fingerprint density at radius 2 is 1.50 bits per heavy atom. The first kappa shape index (κ1) is 15.4. The third kappa shape index (κ3) is 3.53. The van der Waals surface area contributed by atoms with Crippen LogP contribution in [0.2, 0.25) is 0 Å². The highest BCUT2D eigenvalue weighted by Crippen LogP contribution is 2.17. The molecule has 1 fully saturated rings. The summed E-state index contributed by atoms with van der Waals surface area (Å²) in [7, 11) is 0. The summed E-state index contributed by atoms with van der Waals surface area (Å²) in [6.07, 6.45) is 0. The lowest BCUT2D eigenvalue weighted by molar-refractivity contribution is 0.121. The van der Waals surface area contributed by atoms with E-state index in [2.05, 4.69) is 76.3 Å². The molecule has 0 unspecified atom stereocenters. The lowest BCUT2D eigenvalue weighted by Crippen LogP contribution is -2.45. The molecule has 0 atom stereocenters. The van der Waals surface area contributed by atoms with Crippen LogP contribution in [0.15, 0.2) is 54.6 Å². The fourth-order valence-electron chi connectivity index (χ4n) is 3.52. The van der Waals surface area contributed by atoms with Crippen LogP contribution in [0, 0.1) is 6.92 Å². The largest absolute Gasteiger partial charge is 0.357 e. The Balaban J connectivity index is 1.31. The number of H-pyrrole nitrogens is 1. The van der Waals surface area contributed by atoms with Crippen molar-refractivity contribution in [2.24, 2.45) is 0 Å². The third-order valence-corrected chi connectivity index (χ3v) is 4.97. The van der Waals surface area contributed by atoms with Gasteiger partial charge in [0.1, 0.15) is 0 Å². The van der Waals surface area contributed by atoms with Gasteiger partial charge in [0.05, 0.1) is 0 Å². The summed E-state index contributed by atoms with van der Waals surface area (Å²) in [4.78, 5) is 8.66. The number of piperazine rings is 1. The quantitative estimate of drug-likeness (QED) is 0.790. The van der Waals surface area contributed by atoms with Crippen LogP contribution in [0.1, 0.15) is 16.8 Å². The Labute approximate surface area is 143 Å². The summed E-state index contributed by atoms with van der Waals surface area (Å²) in [5.41, 5.74) is 5.32. The molecule has 3 nitrogen and oxygen atoms in total. The zero-order valence-electron chi connectivity index (χ0n) is 14.3. The molecule has 1 aliphatic heterocycles. The molecule has 124 valence electrons. The van der Waals surface area contributed by atoms with Gasteiger partial charge in [0.25, 0.3) is 0 Å². The standard InChI is InChI=1S/C21H25N3/c1-17-6-8-18(9-7-17)15-23-10-12-24(13-11-23)16-20-14-19-4-2-3-5-21(19)22-20/h2-9,14,22H,10-13,15-16H2,1H3. The maximum absolute atomic E-state index is 3.54. The number of benzene rings is 2. The molecule has 1 aromatic heterocycles. The number of aromatic nitrogens is 1. The molecule has 0 spiro atoms. The number of para-hydroxylation sites is 1. The van der Waals surface area contributed by atoms with Gasteiger partial charge in [-0.1, -0.05) is 48.0 Å². The normalized spacial score (nSPS) is 16.7. The molecule has 4 rings (SSSR count). The van der Waals surface area contributed by atoms with Gasteiger partial charge in [-0.05, 0) is 30.0 Å². The van der Waals surface area contributed by atoms with Gasteiger partial charge >= 0.3 is 0 Å². The number of fused-ring (bicyclic) bond motifs is 1. The number of hydrogen-bond acceptors (Lipinski definition) is 2. The van der Waals surface area contributed by atoms with E-state index < -0.39 is 0 Å². The van der Waals surface area contributed by atoms with E-state index in [1.165, 1.54) is 27.7 Å².